The third-order valence-corrected chi connectivity index (χ3v) is 0.996. The van der Waals surface area contributed by atoms with Gasteiger partial charge in [-0.3, -0.25) is 4.99 Å². The molecule has 1 N–H and O–H groups in total. The standard InChI is InChI=1S/C8H11NO2/c1-3-4-7(8(10)11)5-6-9-2/h3-6H,1-2H3,(H,10,11)/b4-3+,7-5+,9-6?. The highest BCUT2D eigenvalue weighted by Gasteiger charge is 1.99. The van der Waals surface area contributed by atoms with Crippen LogP contribution in [0.25, 0.3) is 0 Å². The highest BCUT2D eigenvalue weighted by molar-refractivity contribution is 5.94. The molecule has 0 spiro atoms. The molecule has 0 aliphatic rings. The number of rotatable bonds is 3. The van der Waals surface area contributed by atoms with Gasteiger partial charge < -0.3 is 5.11 Å². The van der Waals surface area contributed by atoms with E-state index in [4.69, 9.17) is 5.11 Å². The molecule has 60 valence electrons. The second-order valence-electron chi connectivity index (χ2n) is 1.83. The van der Waals surface area contributed by atoms with E-state index >= 15 is 0 Å². The van der Waals surface area contributed by atoms with Gasteiger partial charge in [0.25, 0.3) is 0 Å². The molecule has 0 aliphatic heterocycles. The first-order valence-corrected chi connectivity index (χ1v) is 3.20. The normalized spacial score (nSPS) is 13.1. The van der Waals surface area contributed by atoms with Crippen molar-refractivity contribution in [2.24, 2.45) is 4.99 Å². The maximum Gasteiger partial charge on any atom is 0.335 e. The van der Waals surface area contributed by atoms with Crippen LogP contribution in [0.1, 0.15) is 6.92 Å². The van der Waals surface area contributed by atoms with Gasteiger partial charge in [-0.15, -0.1) is 0 Å². The van der Waals surface area contributed by atoms with Gasteiger partial charge in [0.05, 0.1) is 5.57 Å². The fourth-order valence-electron chi connectivity index (χ4n) is 0.533. The minimum Gasteiger partial charge on any atom is -0.478 e. The summed E-state index contributed by atoms with van der Waals surface area (Å²) in [5, 5.41) is 8.55. The van der Waals surface area contributed by atoms with Crippen molar-refractivity contribution in [3.8, 4) is 0 Å². The Bertz CT molecular complexity index is 214. The van der Waals surface area contributed by atoms with Crippen molar-refractivity contribution in [2.75, 3.05) is 7.05 Å². The zero-order chi connectivity index (χ0) is 8.69. The summed E-state index contributed by atoms with van der Waals surface area (Å²) in [5.74, 6) is -0.942. The van der Waals surface area contributed by atoms with E-state index in [1.165, 1.54) is 18.4 Å². The lowest BCUT2D eigenvalue weighted by Crippen LogP contribution is -1.97. The summed E-state index contributed by atoms with van der Waals surface area (Å²) in [6.07, 6.45) is 6.08. The highest BCUT2D eigenvalue weighted by atomic mass is 16.4. The van der Waals surface area contributed by atoms with Crippen LogP contribution < -0.4 is 0 Å². The second kappa shape index (κ2) is 5.41. The van der Waals surface area contributed by atoms with Gasteiger partial charge in [0.1, 0.15) is 0 Å². The maximum atomic E-state index is 10.4. The minimum atomic E-state index is -0.942. The Morgan fingerprint density at radius 3 is 2.55 bits per heavy atom. The molecule has 0 aromatic rings. The Hall–Kier alpha value is -1.38. The molecule has 11 heavy (non-hydrogen) atoms. The van der Waals surface area contributed by atoms with Crippen molar-refractivity contribution in [1.82, 2.24) is 0 Å². The molecule has 0 unspecified atom stereocenters. The molecule has 0 fully saturated rings. The average molecular weight is 153 g/mol. The summed E-state index contributed by atoms with van der Waals surface area (Å²) >= 11 is 0. The number of carbonyl (C=O) groups is 1. The zero-order valence-corrected chi connectivity index (χ0v) is 6.61. The van der Waals surface area contributed by atoms with Crippen LogP contribution in [0.15, 0.2) is 28.8 Å². The predicted molar refractivity (Wildman–Crippen MR) is 44.9 cm³/mol. The van der Waals surface area contributed by atoms with E-state index in [0.29, 0.717) is 0 Å². The molecule has 0 aliphatic carbocycles. The molecule has 0 saturated heterocycles. The lowest BCUT2D eigenvalue weighted by molar-refractivity contribution is -0.132. The van der Waals surface area contributed by atoms with Crippen molar-refractivity contribution in [3.05, 3.63) is 23.8 Å². The number of aliphatic carboxylic acids is 1. The lowest BCUT2D eigenvalue weighted by atomic mass is 10.2. The summed E-state index contributed by atoms with van der Waals surface area (Å²) in [6, 6.07) is 0. The van der Waals surface area contributed by atoms with Crippen LogP contribution in [0.4, 0.5) is 0 Å². The summed E-state index contributed by atoms with van der Waals surface area (Å²) in [4.78, 5) is 14.1. The molecule has 0 aromatic heterocycles. The first-order chi connectivity index (χ1) is 5.22. The smallest absolute Gasteiger partial charge is 0.335 e. The van der Waals surface area contributed by atoms with Crippen LogP contribution in [0.2, 0.25) is 0 Å². The molecule has 0 atom stereocenters. The van der Waals surface area contributed by atoms with Crippen molar-refractivity contribution >= 4 is 12.2 Å². The van der Waals surface area contributed by atoms with E-state index in [1.807, 2.05) is 0 Å². The average Bonchev–Trinajstić information content (AvgIpc) is 1.97. The van der Waals surface area contributed by atoms with E-state index in [1.54, 1.807) is 20.0 Å². The van der Waals surface area contributed by atoms with Gasteiger partial charge in [0.2, 0.25) is 0 Å². The molecule has 3 nitrogen and oxygen atoms in total. The Morgan fingerprint density at radius 1 is 1.55 bits per heavy atom. The van der Waals surface area contributed by atoms with Gasteiger partial charge in [0, 0.05) is 13.3 Å². The number of allylic oxidation sites excluding steroid dienone is 2. The van der Waals surface area contributed by atoms with E-state index in [-0.39, 0.29) is 5.57 Å². The van der Waals surface area contributed by atoms with Crippen LogP contribution in [0, 0.1) is 0 Å². The van der Waals surface area contributed by atoms with Crippen LogP contribution in [-0.2, 0) is 4.79 Å². The summed E-state index contributed by atoms with van der Waals surface area (Å²) in [6.45, 7) is 1.76. The summed E-state index contributed by atoms with van der Waals surface area (Å²) in [7, 11) is 1.59. The van der Waals surface area contributed by atoms with Crippen LogP contribution in [-0.4, -0.2) is 24.3 Å². The van der Waals surface area contributed by atoms with Gasteiger partial charge >= 0.3 is 5.97 Å². The monoisotopic (exact) mass is 153 g/mol. The molecule has 0 rings (SSSR count). The molecule has 0 amide bonds. The maximum absolute atomic E-state index is 10.4. The first kappa shape index (κ1) is 9.62. The highest BCUT2D eigenvalue weighted by Crippen LogP contribution is 1.94. The van der Waals surface area contributed by atoms with E-state index < -0.39 is 5.97 Å². The molecule has 0 bridgehead atoms. The van der Waals surface area contributed by atoms with Gasteiger partial charge in [0.15, 0.2) is 0 Å². The topological polar surface area (TPSA) is 49.7 Å². The van der Waals surface area contributed by atoms with Crippen LogP contribution in [0.5, 0.6) is 0 Å². The molecule has 3 heteroatoms. The largest absolute Gasteiger partial charge is 0.478 e. The van der Waals surface area contributed by atoms with Crippen LogP contribution in [0.3, 0.4) is 0 Å². The Kier molecular flexibility index (Phi) is 4.73. The van der Waals surface area contributed by atoms with Crippen molar-refractivity contribution < 1.29 is 9.90 Å². The second-order valence-corrected chi connectivity index (χ2v) is 1.83. The molecule has 0 heterocycles. The predicted octanol–water partition coefficient (Wildman–Crippen LogP) is 1.27. The van der Waals surface area contributed by atoms with E-state index in [2.05, 4.69) is 4.99 Å². The molecular weight excluding hydrogens is 142 g/mol. The van der Waals surface area contributed by atoms with Gasteiger partial charge in [-0.2, -0.15) is 0 Å². The first-order valence-electron chi connectivity index (χ1n) is 3.20. The quantitative estimate of drug-likeness (QED) is 0.377. The number of nitrogens with zero attached hydrogens (tertiary/aromatic N) is 1. The van der Waals surface area contributed by atoms with Crippen molar-refractivity contribution in [1.29, 1.82) is 0 Å². The van der Waals surface area contributed by atoms with Crippen LogP contribution >= 0.6 is 0 Å². The molecular formula is C8H11NO2. The van der Waals surface area contributed by atoms with E-state index in [9.17, 15) is 4.79 Å². The summed E-state index contributed by atoms with van der Waals surface area (Å²) < 4.78 is 0. The fraction of sp³-hybridized carbons (Fsp3) is 0.250. The van der Waals surface area contributed by atoms with Gasteiger partial charge in [-0.25, -0.2) is 4.79 Å². The lowest BCUT2D eigenvalue weighted by Gasteiger charge is -1.89. The van der Waals surface area contributed by atoms with Gasteiger partial charge in [-0.05, 0) is 13.0 Å². The van der Waals surface area contributed by atoms with Gasteiger partial charge in [-0.1, -0.05) is 12.2 Å². The number of aliphatic imine (C=N–C) groups is 1. The molecule has 0 radical (unpaired) electrons. The Labute approximate surface area is 65.8 Å². The zero-order valence-electron chi connectivity index (χ0n) is 6.61. The SMILES string of the molecule is C/C=C/C(=C\C=NC)C(=O)O. The number of carboxylic acids is 1. The van der Waals surface area contributed by atoms with Crippen molar-refractivity contribution in [3.63, 3.8) is 0 Å². The third kappa shape index (κ3) is 4.08. The number of hydrogen-bond donors (Lipinski definition) is 1. The number of hydrogen-bond acceptors (Lipinski definition) is 2. The Morgan fingerprint density at radius 2 is 2.18 bits per heavy atom. The third-order valence-electron chi connectivity index (χ3n) is 0.996. The van der Waals surface area contributed by atoms with E-state index in [0.717, 1.165) is 0 Å². The molecule has 0 aromatic carbocycles. The molecule has 0 saturated carbocycles. The Balaban J connectivity index is 4.45. The number of carboxylic acid groups (broad SMARTS) is 1. The minimum absolute atomic E-state index is 0.234. The summed E-state index contributed by atoms with van der Waals surface area (Å²) in [5.41, 5.74) is 0.234. The fourth-order valence-corrected chi connectivity index (χ4v) is 0.533. The van der Waals surface area contributed by atoms with Crippen molar-refractivity contribution in [2.45, 2.75) is 6.92 Å².